The Hall–Kier alpha value is -2.75. The lowest BCUT2D eigenvalue weighted by Gasteiger charge is -2.06. The van der Waals surface area contributed by atoms with Crippen LogP contribution in [0.3, 0.4) is 0 Å². The lowest BCUT2D eigenvalue weighted by molar-refractivity contribution is 0.106. The van der Waals surface area contributed by atoms with Crippen molar-refractivity contribution in [3.63, 3.8) is 0 Å². The summed E-state index contributed by atoms with van der Waals surface area (Å²) in [6, 6.07) is 7.17. The average Bonchev–Trinajstić information content (AvgIpc) is 3.20. The number of benzene rings is 1. The maximum absolute atomic E-state index is 12.4. The fourth-order valence-corrected chi connectivity index (χ4v) is 2.73. The highest BCUT2D eigenvalue weighted by Gasteiger charge is 2.18. The molecule has 23 heavy (non-hydrogen) atoms. The number of sulfonamides is 1. The van der Waals surface area contributed by atoms with Crippen LogP contribution in [0.15, 0.2) is 56.7 Å². The van der Waals surface area contributed by atoms with Crippen molar-refractivity contribution in [2.75, 3.05) is 4.72 Å². The molecule has 0 saturated carbocycles. The van der Waals surface area contributed by atoms with Crippen LogP contribution in [0.5, 0.6) is 0 Å². The normalized spacial score (nSPS) is 11.8. The molecule has 0 aliphatic heterocycles. The number of halogens is 2. The molecule has 1 aromatic carbocycles. The molecule has 0 aliphatic rings. The molecule has 2 heterocycles. The van der Waals surface area contributed by atoms with Crippen LogP contribution in [0.1, 0.15) is 12.3 Å². The first-order valence-corrected chi connectivity index (χ1v) is 7.71. The Balaban J connectivity index is 1.79. The van der Waals surface area contributed by atoms with Gasteiger partial charge in [0.05, 0.1) is 6.26 Å². The number of furan rings is 1. The van der Waals surface area contributed by atoms with Gasteiger partial charge in [0.15, 0.2) is 0 Å². The highest BCUT2D eigenvalue weighted by Crippen LogP contribution is 2.23. The van der Waals surface area contributed by atoms with Crippen molar-refractivity contribution in [1.82, 2.24) is 10.1 Å². The van der Waals surface area contributed by atoms with Crippen LogP contribution in [0.2, 0.25) is 0 Å². The number of rotatable bonds is 5. The Bertz CT molecular complexity index is 890. The summed E-state index contributed by atoms with van der Waals surface area (Å²) < 4.78 is 60.3. The van der Waals surface area contributed by atoms with Gasteiger partial charge in [0.2, 0.25) is 5.82 Å². The van der Waals surface area contributed by atoms with Crippen LogP contribution >= 0.6 is 0 Å². The summed E-state index contributed by atoms with van der Waals surface area (Å²) in [6.45, 7) is 0. The molecule has 7 nitrogen and oxygen atoms in total. The molecule has 3 aromatic rings. The van der Waals surface area contributed by atoms with E-state index in [2.05, 4.69) is 19.4 Å². The molecule has 0 spiro atoms. The minimum Gasteiger partial charge on any atom is -0.471 e. The lowest BCUT2D eigenvalue weighted by Crippen LogP contribution is -2.11. The number of hydrogen-bond acceptors (Lipinski definition) is 6. The summed E-state index contributed by atoms with van der Waals surface area (Å²) in [5, 5.41) is 3.44. The smallest absolute Gasteiger partial charge is 0.315 e. The second-order valence-corrected chi connectivity index (χ2v) is 6.08. The fraction of sp³-hybridized carbons (Fsp3) is 0.0769. The molecule has 10 heteroatoms. The zero-order valence-electron chi connectivity index (χ0n) is 11.3. The monoisotopic (exact) mass is 341 g/mol. The first-order valence-electron chi connectivity index (χ1n) is 6.23. The molecular weight excluding hydrogens is 332 g/mol. The fourth-order valence-electron chi connectivity index (χ4n) is 1.75. The minimum atomic E-state index is -3.75. The van der Waals surface area contributed by atoms with Crippen LogP contribution in [0.25, 0.3) is 11.4 Å². The van der Waals surface area contributed by atoms with Gasteiger partial charge >= 0.3 is 6.43 Å². The van der Waals surface area contributed by atoms with Crippen molar-refractivity contribution in [2.24, 2.45) is 0 Å². The SMILES string of the molecule is O=S(=O)(Nc1ccc(-c2noc(C(F)F)n2)cc1)c1ccoc1. The molecular formula is C13H9F2N3O4S. The number of nitrogens with zero attached hydrogens (tertiary/aromatic N) is 2. The predicted molar refractivity (Wildman–Crippen MR) is 74.2 cm³/mol. The summed E-state index contributed by atoms with van der Waals surface area (Å²) >= 11 is 0. The van der Waals surface area contributed by atoms with Gasteiger partial charge in [-0.15, -0.1) is 0 Å². The van der Waals surface area contributed by atoms with E-state index in [9.17, 15) is 17.2 Å². The van der Waals surface area contributed by atoms with Crippen LogP contribution < -0.4 is 4.72 Å². The molecule has 0 amide bonds. The summed E-state index contributed by atoms with van der Waals surface area (Å²) in [7, 11) is -3.75. The Morgan fingerprint density at radius 1 is 1.13 bits per heavy atom. The number of aromatic nitrogens is 2. The number of nitrogens with one attached hydrogen (secondary N) is 1. The van der Waals surface area contributed by atoms with E-state index in [1.54, 1.807) is 0 Å². The van der Waals surface area contributed by atoms with Gasteiger partial charge < -0.3 is 8.94 Å². The third-order valence-electron chi connectivity index (χ3n) is 2.83. The zero-order chi connectivity index (χ0) is 16.4. The number of anilines is 1. The molecule has 3 rings (SSSR count). The molecule has 0 atom stereocenters. The highest BCUT2D eigenvalue weighted by atomic mass is 32.2. The van der Waals surface area contributed by atoms with Gasteiger partial charge in [-0.1, -0.05) is 5.16 Å². The maximum Gasteiger partial charge on any atom is 0.315 e. The summed E-state index contributed by atoms with van der Waals surface area (Å²) in [4.78, 5) is 3.53. The molecule has 1 N–H and O–H groups in total. The van der Waals surface area contributed by atoms with E-state index in [-0.39, 0.29) is 16.4 Å². The Labute approximate surface area is 129 Å². The third-order valence-corrected chi connectivity index (χ3v) is 4.19. The third kappa shape index (κ3) is 3.21. The Kier molecular flexibility index (Phi) is 3.82. The van der Waals surface area contributed by atoms with Crippen molar-refractivity contribution in [3.05, 3.63) is 48.7 Å². The van der Waals surface area contributed by atoms with Gasteiger partial charge in [-0.25, -0.2) is 8.42 Å². The van der Waals surface area contributed by atoms with Gasteiger partial charge in [0.1, 0.15) is 11.2 Å². The summed E-state index contributed by atoms with van der Waals surface area (Å²) in [5.74, 6) is -0.783. The topological polar surface area (TPSA) is 98.2 Å². The molecule has 120 valence electrons. The van der Waals surface area contributed by atoms with E-state index >= 15 is 0 Å². The summed E-state index contributed by atoms with van der Waals surface area (Å²) in [5.41, 5.74) is 0.694. The number of alkyl halides is 2. The maximum atomic E-state index is 12.4. The van der Waals surface area contributed by atoms with Crippen molar-refractivity contribution >= 4 is 15.7 Å². The van der Waals surface area contributed by atoms with E-state index in [1.165, 1.54) is 36.6 Å². The zero-order valence-corrected chi connectivity index (χ0v) is 12.1. The van der Waals surface area contributed by atoms with Crippen molar-refractivity contribution in [2.45, 2.75) is 11.3 Å². The Morgan fingerprint density at radius 3 is 2.43 bits per heavy atom. The molecule has 2 aromatic heterocycles. The number of hydrogen-bond donors (Lipinski definition) is 1. The van der Waals surface area contributed by atoms with E-state index in [1.807, 2.05) is 0 Å². The predicted octanol–water partition coefficient (Wildman–Crippen LogP) is 3.07. The summed E-state index contributed by atoms with van der Waals surface area (Å²) in [6.07, 6.45) is -0.506. The quantitative estimate of drug-likeness (QED) is 0.766. The molecule has 0 aliphatic carbocycles. The highest BCUT2D eigenvalue weighted by molar-refractivity contribution is 7.92. The second kappa shape index (κ2) is 5.80. The van der Waals surface area contributed by atoms with Crippen molar-refractivity contribution < 1.29 is 26.1 Å². The molecule has 0 radical (unpaired) electrons. The van der Waals surface area contributed by atoms with Gasteiger partial charge in [0, 0.05) is 11.3 Å². The molecule has 0 bridgehead atoms. The first kappa shape index (κ1) is 15.2. The van der Waals surface area contributed by atoms with Crippen LogP contribution in [0, 0.1) is 0 Å². The molecule has 0 fully saturated rings. The van der Waals surface area contributed by atoms with Crippen LogP contribution in [-0.4, -0.2) is 18.6 Å². The van der Waals surface area contributed by atoms with Gasteiger partial charge in [-0.05, 0) is 30.3 Å². The minimum absolute atomic E-state index is 0.00968. The van der Waals surface area contributed by atoms with Crippen LogP contribution in [-0.2, 0) is 10.0 Å². The van der Waals surface area contributed by atoms with Crippen molar-refractivity contribution in [3.8, 4) is 11.4 Å². The van der Waals surface area contributed by atoms with E-state index in [4.69, 9.17) is 4.42 Å². The van der Waals surface area contributed by atoms with Crippen LogP contribution in [0.4, 0.5) is 14.5 Å². The van der Waals surface area contributed by atoms with E-state index < -0.39 is 22.3 Å². The average molecular weight is 341 g/mol. The van der Waals surface area contributed by atoms with Crippen molar-refractivity contribution in [1.29, 1.82) is 0 Å². The molecule has 0 saturated heterocycles. The van der Waals surface area contributed by atoms with E-state index in [0.29, 0.717) is 5.56 Å². The molecule has 0 unspecified atom stereocenters. The van der Waals surface area contributed by atoms with E-state index in [0.717, 1.165) is 6.26 Å². The van der Waals surface area contributed by atoms with Gasteiger partial charge in [-0.3, -0.25) is 4.72 Å². The standard InChI is InChI=1S/C13H9F2N3O4S/c14-11(15)13-16-12(17-22-13)8-1-3-9(4-2-8)18-23(19,20)10-5-6-21-7-10/h1-7,11,18H. The van der Waals surface area contributed by atoms with Gasteiger partial charge in [0.25, 0.3) is 15.9 Å². The first-order chi connectivity index (χ1) is 11.0. The second-order valence-electron chi connectivity index (χ2n) is 4.40. The largest absolute Gasteiger partial charge is 0.471 e. The Morgan fingerprint density at radius 2 is 1.87 bits per heavy atom. The lowest BCUT2D eigenvalue weighted by atomic mass is 10.2. The van der Waals surface area contributed by atoms with Gasteiger partial charge in [-0.2, -0.15) is 13.8 Å².